The molecule has 0 saturated heterocycles. The highest BCUT2D eigenvalue weighted by molar-refractivity contribution is 5.89. The highest BCUT2D eigenvalue weighted by Crippen LogP contribution is 2.28. The predicted molar refractivity (Wildman–Crippen MR) is 149 cm³/mol. The Morgan fingerprint density at radius 1 is 0.973 bits per heavy atom. The SMILES string of the molecule is CCOc1ccccc1-n1c(C(C)N(CC)C(=O)Nc2ccc(C(C)C)cc2)nc2ccccc2c1=O. The van der Waals surface area contributed by atoms with Gasteiger partial charge in [0.2, 0.25) is 0 Å². The zero-order chi connectivity index (χ0) is 26.5. The lowest BCUT2D eigenvalue weighted by atomic mass is 10.0. The Morgan fingerprint density at radius 2 is 1.65 bits per heavy atom. The average molecular weight is 499 g/mol. The largest absolute Gasteiger partial charge is 0.492 e. The number of rotatable bonds is 8. The fraction of sp³-hybridized carbons (Fsp3) is 0.300. The monoisotopic (exact) mass is 498 g/mol. The quantitative estimate of drug-likeness (QED) is 0.300. The van der Waals surface area contributed by atoms with Gasteiger partial charge in [-0.1, -0.05) is 50.2 Å². The molecule has 0 aliphatic rings. The zero-order valence-electron chi connectivity index (χ0n) is 22.1. The predicted octanol–water partition coefficient (Wildman–Crippen LogP) is 6.52. The van der Waals surface area contributed by atoms with Crippen LogP contribution in [0, 0.1) is 0 Å². The van der Waals surface area contributed by atoms with Crippen molar-refractivity contribution in [1.29, 1.82) is 0 Å². The number of ether oxygens (including phenoxy) is 1. The standard InChI is InChI=1S/C30H34N4O3/c1-6-33(30(36)31-23-18-16-22(17-19-23)20(3)4)21(5)28-32-25-13-9-8-12-24(25)29(35)34(28)26-14-10-11-15-27(26)37-7-2/h8-21H,6-7H2,1-5H3,(H,31,36). The van der Waals surface area contributed by atoms with Crippen molar-refractivity contribution < 1.29 is 9.53 Å². The summed E-state index contributed by atoms with van der Waals surface area (Å²) < 4.78 is 7.43. The second-order valence-electron chi connectivity index (χ2n) is 9.20. The van der Waals surface area contributed by atoms with E-state index in [0.29, 0.717) is 52.9 Å². The minimum Gasteiger partial charge on any atom is -0.492 e. The summed E-state index contributed by atoms with van der Waals surface area (Å²) >= 11 is 0. The molecule has 1 aromatic heterocycles. The van der Waals surface area contributed by atoms with Gasteiger partial charge in [-0.2, -0.15) is 0 Å². The van der Waals surface area contributed by atoms with Gasteiger partial charge in [0, 0.05) is 12.2 Å². The lowest BCUT2D eigenvalue weighted by Crippen LogP contribution is -2.39. The van der Waals surface area contributed by atoms with E-state index in [9.17, 15) is 9.59 Å². The maximum atomic E-state index is 13.8. The van der Waals surface area contributed by atoms with Gasteiger partial charge in [0.25, 0.3) is 5.56 Å². The summed E-state index contributed by atoms with van der Waals surface area (Å²) in [5.41, 5.74) is 2.89. The van der Waals surface area contributed by atoms with Gasteiger partial charge in [-0.25, -0.2) is 9.78 Å². The third-order valence-electron chi connectivity index (χ3n) is 6.48. The molecule has 0 aliphatic heterocycles. The van der Waals surface area contributed by atoms with Crippen LogP contribution in [0.1, 0.15) is 58.0 Å². The first-order valence-electron chi connectivity index (χ1n) is 12.8. The molecule has 192 valence electrons. The Balaban J connectivity index is 1.78. The lowest BCUT2D eigenvalue weighted by molar-refractivity contribution is 0.193. The van der Waals surface area contributed by atoms with E-state index in [1.54, 1.807) is 15.5 Å². The number of benzene rings is 3. The fourth-order valence-corrected chi connectivity index (χ4v) is 4.46. The van der Waals surface area contributed by atoms with Gasteiger partial charge in [-0.3, -0.25) is 9.36 Å². The molecule has 0 aliphatic carbocycles. The highest BCUT2D eigenvalue weighted by atomic mass is 16.5. The van der Waals surface area contributed by atoms with E-state index >= 15 is 0 Å². The summed E-state index contributed by atoms with van der Waals surface area (Å²) in [7, 11) is 0. The van der Waals surface area contributed by atoms with Crippen molar-refractivity contribution in [3.8, 4) is 11.4 Å². The molecule has 2 amide bonds. The van der Waals surface area contributed by atoms with Crippen molar-refractivity contribution in [2.75, 3.05) is 18.5 Å². The summed E-state index contributed by atoms with van der Waals surface area (Å²) in [5, 5.41) is 3.50. The Bertz CT molecular complexity index is 1440. The molecule has 0 spiro atoms. The van der Waals surface area contributed by atoms with Crippen LogP contribution in [0.15, 0.2) is 77.6 Å². The average Bonchev–Trinajstić information content (AvgIpc) is 2.90. The Labute approximate surface area is 217 Å². The van der Waals surface area contributed by atoms with Gasteiger partial charge in [-0.05, 0) is 68.7 Å². The van der Waals surface area contributed by atoms with Crippen LogP contribution in [-0.4, -0.2) is 33.6 Å². The molecule has 3 aromatic carbocycles. The Morgan fingerprint density at radius 3 is 2.32 bits per heavy atom. The van der Waals surface area contributed by atoms with Crippen molar-refractivity contribution in [1.82, 2.24) is 14.5 Å². The van der Waals surface area contributed by atoms with Crippen LogP contribution in [0.4, 0.5) is 10.5 Å². The third-order valence-corrected chi connectivity index (χ3v) is 6.48. The number of amides is 2. The maximum Gasteiger partial charge on any atom is 0.322 e. The highest BCUT2D eigenvalue weighted by Gasteiger charge is 2.27. The van der Waals surface area contributed by atoms with E-state index in [4.69, 9.17) is 9.72 Å². The molecule has 37 heavy (non-hydrogen) atoms. The number of hydrogen-bond donors (Lipinski definition) is 1. The number of carbonyl (C=O) groups is 1. The molecule has 0 saturated carbocycles. The van der Waals surface area contributed by atoms with Crippen molar-refractivity contribution in [2.45, 2.75) is 46.6 Å². The number of para-hydroxylation sites is 3. The van der Waals surface area contributed by atoms with E-state index in [-0.39, 0.29) is 11.6 Å². The Kier molecular flexibility index (Phi) is 7.92. The van der Waals surface area contributed by atoms with E-state index < -0.39 is 6.04 Å². The lowest BCUT2D eigenvalue weighted by Gasteiger charge is -2.30. The van der Waals surface area contributed by atoms with Crippen molar-refractivity contribution >= 4 is 22.6 Å². The van der Waals surface area contributed by atoms with E-state index in [0.717, 1.165) is 0 Å². The van der Waals surface area contributed by atoms with Crippen molar-refractivity contribution in [2.24, 2.45) is 0 Å². The third kappa shape index (κ3) is 5.35. The molecule has 4 rings (SSSR count). The van der Waals surface area contributed by atoms with Crippen LogP contribution in [-0.2, 0) is 0 Å². The van der Waals surface area contributed by atoms with Gasteiger partial charge >= 0.3 is 6.03 Å². The summed E-state index contributed by atoms with van der Waals surface area (Å²) in [6.07, 6.45) is 0. The molecule has 0 radical (unpaired) electrons. The number of nitrogens with one attached hydrogen (secondary N) is 1. The van der Waals surface area contributed by atoms with Crippen LogP contribution in [0.5, 0.6) is 5.75 Å². The first-order valence-corrected chi connectivity index (χ1v) is 12.8. The number of carbonyl (C=O) groups excluding carboxylic acids is 1. The first-order chi connectivity index (χ1) is 17.8. The smallest absolute Gasteiger partial charge is 0.322 e. The van der Waals surface area contributed by atoms with Crippen molar-refractivity contribution in [3.63, 3.8) is 0 Å². The maximum absolute atomic E-state index is 13.8. The molecule has 7 nitrogen and oxygen atoms in total. The minimum absolute atomic E-state index is 0.208. The van der Waals surface area contributed by atoms with E-state index in [2.05, 4.69) is 19.2 Å². The summed E-state index contributed by atoms with van der Waals surface area (Å²) in [6.45, 7) is 10.8. The molecule has 1 unspecified atom stereocenters. The van der Waals surface area contributed by atoms with Crippen LogP contribution < -0.4 is 15.6 Å². The van der Waals surface area contributed by atoms with Crippen LogP contribution in [0.2, 0.25) is 0 Å². The van der Waals surface area contributed by atoms with Gasteiger partial charge < -0.3 is 15.0 Å². The first kappa shape index (κ1) is 25.9. The van der Waals surface area contributed by atoms with Crippen LogP contribution in [0.25, 0.3) is 16.6 Å². The number of anilines is 1. The van der Waals surface area contributed by atoms with Crippen LogP contribution in [0.3, 0.4) is 0 Å². The molecular weight excluding hydrogens is 464 g/mol. The van der Waals surface area contributed by atoms with Crippen LogP contribution >= 0.6 is 0 Å². The van der Waals surface area contributed by atoms with E-state index in [1.165, 1.54) is 5.56 Å². The second-order valence-corrected chi connectivity index (χ2v) is 9.20. The number of aromatic nitrogens is 2. The fourth-order valence-electron chi connectivity index (χ4n) is 4.46. The molecule has 1 heterocycles. The topological polar surface area (TPSA) is 76.5 Å². The minimum atomic E-state index is -0.507. The zero-order valence-corrected chi connectivity index (χ0v) is 22.1. The number of fused-ring (bicyclic) bond motifs is 1. The van der Waals surface area contributed by atoms with Gasteiger partial charge in [0.15, 0.2) is 0 Å². The summed E-state index contributed by atoms with van der Waals surface area (Å²) in [6, 6.07) is 21.8. The van der Waals surface area contributed by atoms with Gasteiger partial charge in [0.1, 0.15) is 11.6 Å². The van der Waals surface area contributed by atoms with Gasteiger partial charge in [-0.15, -0.1) is 0 Å². The number of nitrogens with zero attached hydrogens (tertiary/aromatic N) is 3. The Hall–Kier alpha value is -4.13. The molecule has 1 atom stereocenters. The molecule has 0 bridgehead atoms. The van der Waals surface area contributed by atoms with Gasteiger partial charge in [0.05, 0.1) is 29.2 Å². The van der Waals surface area contributed by atoms with Crippen molar-refractivity contribution in [3.05, 3.63) is 94.5 Å². The van der Waals surface area contributed by atoms with E-state index in [1.807, 2.05) is 87.5 Å². The molecule has 0 fully saturated rings. The summed E-state index contributed by atoms with van der Waals surface area (Å²) in [5.74, 6) is 1.45. The molecular formula is C30H34N4O3. The molecule has 7 heteroatoms. The normalized spacial score (nSPS) is 11.9. The number of hydrogen-bond acceptors (Lipinski definition) is 4. The number of urea groups is 1. The summed E-state index contributed by atoms with van der Waals surface area (Å²) in [4.78, 5) is 33.8. The molecule has 4 aromatic rings. The molecule has 1 N–H and O–H groups in total. The second kappa shape index (κ2) is 11.3.